The summed E-state index contributed by atoms with van der Waals surface area (Å²) in [7, 11) is 1.65. The molecule has 2 nitrogen and oxygen atoms in total. The molecule has 0 saturated heterocycles. The lowest BCUT2D eigenvalue weighted by Crippen LogP contribution is -2.04. The van der Waals surface area contributed by atoms with Gasteiger partial charge in [-0.3, -0.25) is 0 Å². The largest absolute Gasteiger partial charge is 0.496 e. The Balaban J connectivity index is 3.22. The maximum atomic E-state index is 5.54. The topological polar surface area (TPSA) is 35.2 Å². The molecule has 0 saturated carbocycles. The minimum absolute atomic E-state index is 0.460. The van der Waals surface area contributed by atoms with Crippen LogP contribution in [-0.4, -0.2) is 13.7 Å². The number of ether oxygens (including phenoxy) is 1. The molecule has 2 heteroatoms. The van der Waals surface area contributed by atoms with E-state index in [1.165, 1.54) is 0 Å². The number of methoxy groups -OCH3 is 1. The minimum Gasteiger partial charge on any atom is -0.496 e. The van der Waals surface area contributed by atoms with E-state index >= 15 is 0 Å². The molecule has 70 valence electrons. The molecule has 1 aromatic rings. The summed E-state index contributed by atoms with van der Waals surface area (Å²) < 4.78 is 5.23. The van der Waals surface area contributed by atoms with E-state index in [4.69, 9.17) is 10.5 Å². The van der Waals surface area contributed by atoms with Crippen molar-refractivity contribution in [3.8, 4) is 5.75 Å². The van der Waals surface area contributed by atoms with E-state index in [1.807, 2.05) is 25.1 Å². The maximum absolute atomic E-state index is 5.54. The molecule has 0 aliphatic rings. The smallest absolute Gasteiger partial charge is 0.126 e. The molecule has 0 atom stereocenters. The Morgan fingerprint density at radius 1 is 1.54 bits per heavy atom. The first-order valence-corrected chi connectivity index (χ1v) is 4.22. The Hall–Kier alpha value is -1.28. The van der Waals surface area contributed by atoms with E-state index in [0.29, 0.717) is 6.54 Å². The average molecular weight is 177 g/mol. The highest BCUT2D eigenvalue weighted by Gasteiger charge is 2.07. The number of nitrogens with two attached hydrogens (primary N) is 1. The second-order valence-electron chi connectivity index (χ2n) is 2.96. The molecule has 2 N–H and O–H groups in total. The van der Waals surface area contributed by atoms with Crippen LogP contribution in [0.25, 0.3) is 5.57 Å². The fourth-order valence-electron chi connectivity index (χ4n) is 1.37. The number of rotatable bonds is 3. The van der Waals surface area contributed by atoms with Crippen molar-refractivity contribution in [1.82, 2.24) is 0 Å². The van der Waals surface area contributed by atoms with Crippen molar-refractivity contribution in [1.29, 1.82) is 0 Å². The van der Waals surface area contributed by atoms with Gasteiger partial charge >= 0.3 is 0 Å². The third-order valence-electron chi connectivity index (χ3n) is 2.05. The number of benzene rings is 1. The van der Waals surface area contributed by atoms with Gasteiger partial charge in [0.15, 0.2) is 0 Å². The number of aryl methyl sites for hydroxylation is 1. The second-order valence-corrected chi connectivity index (χ2v) is 2.96. The van der Waals surface area contributed by atoms with Crippen molar-refractivity contribution < 1.29 is 4.74 Å². The van der Waals surface area contributed by atoms with Crippen LogP contribution in [0.2, 0.25) is 0 Å². The molecular formula is C11H15NO. The van der Waals surface area contributed by atoms with Crippen LogP contribution in [0.3, 0.4) is 0 Å². The fourth-order valence-corrected chi connectivity index (χ4v) is 1.37. The third kappa shape index (κ3) is 1.90. The lowest BCUT2D eigenvalue weighted by Gasteiger charge is -2.12. The molecule has 0 unspecified atom stereocenters. The van der Waals surface area contributed by atoms with E-state index in [-0.39, 0.29) is 0 Å². The summed E-state index contributed by atoms with van der Waals surface area (Å²) in [5, 5.41) is 0. The summed E-state index contributed by atoms with van der Waals surface area (Å²) in [6.07, 6.45) is 0. The van der Waals surface area contributed by atoms with Gasteiger partial charge in [0, 0.05) is 12.1 Å². The van der Waals surface area contributed by atoms with Crippen molar-refractivity contribution in [3.63, 3.8) is 0 Å². The Bertz CT molecular complexity index is 318. The summed E-state index contributed by atoms with van der Waals surface area (Å²) in [6, 6.07) is 5.91. The van der Waals surface area contributed by atoms with Crippen LogP contribution in [0.15, 0.2) is 24.8 Å². The SMILES string of the molecule is C=C(CN)c1c(C)cccc1OC. The first-order valence-electron chi connectivity index (χ1n) is 4.22. The molecule has 1 aromatic carbocycles. The van der Waals surface area contributed by atoms with Gasteiger partial charge in [0.1, 0.15) is 5.75 Å². The highest BCUT2D eigenvalue weighted by atomic mass is 16.5. The Morgan fingerprint density at radius 2 is 2.23 bits per heavy atom. The highest BCUT2D eigenvalue weighted by molar-refractivity contribution is 5.72. The lowest BCUT2D eigenvalue weighted by molar-refractivity contribution is 0.413. The summed E-state index contributed by atoms with van der Waals surface area (Å²) in [6.45, 7) is 6.39. The molecule has 0 bridgehead atoms. The fraction of sp³-hybridized carbons (Fsp3) is 0.273. The standard InChI is InChI=1S/C11H15NO/c1-8-5-4-6-10(13-3)11(8)9(2)7-12/h4-6H,2,7,12H2,1,3H3. The third-order valence-corrected chi connectivity index (χ3v) is 2.05. The van der Waals surface area contributed by atoms with Gasteiger partial charge in [-0.25, -0.2) is 0 Å². The van der Waals surface area contributed by atoms with E-state index in [9.17, 15) is 0 Å². The van der Waals surface area contributed by atoms with Gasteiger partial charge in [0.05, 0.1) is 7.11 Å². The second kappa shape index (κ2) is 4.10. The van der Waals surface area contributed by atoms with Gasteiger partial charge in [0.25, 0.3) is 0 Å². The van der Waals surface area contributed by atoms with E-state index in [2.05, 4.69) is 6.58 Å². The molecule has 0 spiro atoms. The minimum atomic E-state index is 0.460. The lowest BCUT2D eigenvalue weighted by atomic mass is 10.0. The Kier molecular flexibility index (Phi) is 3.09. The quantitative estimate of drug-likeness (QED) is 0.766. The van der Waals surface area contributed by atoms with Crippen LogP contribution in [0, 0.1) is 6.92 Å². The summed E-state index contributed by atoms with van der Waals surface area (Å²) >= 11 is 0. The molecule has 0 aliphatic heterocycles. The van der Waals surface area contributed by atoms with Crippen molar-refractivity contribution in [3.05, 3.63) is 35.9 Å². The van der Waals surface area contributed by atoms with Gasteiger partial charge in [-0.15, -0.1) is 0 Å². The monoisotopic (exact) mass is 177 g/mol. The van der Waals surface area contributed by atoms with Gasteiger partial charge in [-0.1, -0.05) is 18.7 Å². The summed E-state index contributed by atoms with van der Waals surface area (Å²) in [5.74, 6) is 0.843. The molecule has 0 amide bonds. The first-order chi connectivity index (χ1) is 6.20. The molecule has 0 fully saturated rings. The molecule has 1 rings (SSSR count). The summed E-state index contributed by atoms with van der Waals surface area (Å²) in [4.78, 5) is 0. The molecule has 0 aromatic heterocycles. The van der Waals surface area contributed by atoms with Crippen LogP contribution in [0.4, 0.5) is 0 Å². The average Bonchev–Trinajstić information content (AvgIpc) is 2.16. The molecule has 0 radical (unpaired) electrons. The van der Waals surface area contributed by atoms with Gasteiger partial charge in [-0.2, -0.15) is 0 Å². The first kappa shape index (κ1) is 9.81. The molecular weight excluding hydrogens is 162 g/mol. The number of hydrogen-bond donors (Lipinski definition) is 1. The predicted molar refractivity (Wildman–Crippen MR) is 55.8 cm³/mol. The van der Waals surface area contributed by atoms with Crippen molar-refractivity contribution in [2.45, 2.75) is 6.92 Å². The molecule has 13 heavy (non-hydrogen) atoms. The van der Waals surface area contributed by atoms with Gasteiger partial charge < -0.3 is 10.5 Å². The zero-order valence-corrected chi connectivity index (χ0v) is 8.13. The predicted octanol–water partition coefficient (Wildman–Crippen LogP) is 1.98. The molecule has 0 aliphatic carbocycles. The van der Waals surface area contributed by atoms with Crippen molar-refractivity contribution >= 4 is 5.57 Å². The highest BCUT2D eigenvalue weighted by Crippen LogP contribution is 2.27. The van der Waals surface area contributed by atoms with Gasteiger partial charge in [0.2, 0.25) is 0 Å². The number of hydrogen-bond acceptors (Lipinski definition) is 2. The van der Waals surface area contributed by atoms with Crippen LogP contribution in [0.5, 0.6) is 5.75 Å². The van der Waals surface area contributed by atoms with Crippen LogP contribution in [0.1, 0.15) is 11.1 Å². The Labute approximate surface area is 79.0 Å². The van der Waals surface area contributed by atoms with Crippen LogP contribution >= 0.6 is 0 Å². The summed E-state index contributed by atoms with van der Waals surface area (Å²) in [5.41, 5.74) is 8.64. The Morgan fingerprint density at radius 3 is 2.77 bits per heavy atom. The zero-order valence-electron chi connectivity index (χ0n) is 8.13. The van der Waals surface area contributed by atoms with Gasteiger partial charge in [-0.05, 0) is 24.1 Å². The van der Waals surface area contributed by atoms with Crippen LogP contribution < -0.4 is 10.5 Å². The van der Waals surface area contributed by atoms with E-state index in [0.717, 1.165) is 22.4 Å². The maximum Gasteiger partial charge on any atom is 0.126 e. The molecule has 0 heterocycles. The normalized spacial score (nSPS) is 9.77. The van der Waals surface area contributed by atoms with E-state index in [1.54, 1.807) is 7.11 Å². The van der Waals surface area contributed by atoms with Crippen LogP contribution in [-0.2, 0) is 0 Å². The van der Waals surface area contributed by atoms with Crippen molar-refractivity contribution in [2.75, 3.05) is 13.7 Å². The zero-order chi connectivity index (χ0) is 9.84. The van der Waals surface area contributed by atoms with Crippen molar-refractivity contribution in [2.24, 2.45) is 5.73 Å². The van der Waals surface area contributed by atoms with E-state index < -0.39 is 0 Å².